The van der Waals surface area contributed by atoms with Gasteiger partial charge in [-0.2, -0.15) is 0 Å². The lowest BCUT2D eigenvalue weighted by atomic mass is 10.1. The van der Waals surface area contributed by atoms with Crippen molar-refractivity contribution >= 4 is 24.7 Å². The lowest BCUT2D eigenvalue weighted by Gasteiger charge is -2.11. The molecule has 3 nitrogen and oxygen atoms in total. The number of hydrogen-bond acceptors (Lipinski definition) is 2. The van der Waals surface area contributed by atoms with E-state index in [0.29, 0.717) is 6.42 Å². The quantitative estimate of drug-likeness (QED) is 0.415. The summed E-state index contributed by atoms with van der Waals surface area (Å²) in [4.78, 5) is 10.2. The molecule has 4 heteroatoms. The van der Waals surface area contributed by atoms with Crippen LogP contribution in [0.25, 0.3) is 0 Å². The van der Waals surface area contributed by atoms with Crippen molar-refractivity contribution in [3.63, 3.8) is 0 Å². The van der Waals surface area contributed by atoms with Crippen LogP contribution >= 0.6 is 20.7 Å². The summed E-state index contributed by atoms with van der Waals surface area (Å²) in [5, 5.41) is 10.4. The third-order valence-corrected chi connectivity index (χ3v) is 4.79. The molecule has 0 amide bonds. The minimum Gasteiger partial charge on any atom is -0.264 e. The molecule has 1 atom stereocenters. The van der Waals surface area contributed by atoms with Crippen LogP contribution in [0.3, 0.4) is 0 Å². The second kappa shape index (κ2) is 3.42. The maximum atomic E-state index is 10.4. The van der Waals surface area contributed by atoms with Gasteiger partial charge in [0, 0.05) is 15.4 Å². The summed E-state index contributed by atoms with van der Waals surface area (Å²) in [7, 11) is 0. The Bertz CT molecular complexity index is 245. The van der Waals surface area contributed by atoms with E-state index in [0.717, 1.165) is 0 Å². The number of nitrogens with zero attached hydrogens (tertiary/aromatic N) is 1. The summed E-state index contributed by atoms with van der Waals surface area (Å²) >= 11 is -0.149. The predicted octanol–water partition coefficient (Wildman–Crippen LogP) is 2.10. The van der Waals surface area contributed by atoms with Gasteiger partial charge in [0.25, 0.3) is 0 Å². The molecule has 1 aliphatic heterocycles. The summed E-state index contributed by atoms with van der Waals surface area (Å²) in [6.07, 6.45) is 0.624. The molecule has 0 fully saturated rings. The van der Waals surface area contributed by atoms with Crippen LogP contribution in [0.4, 0.5) is 0 Å². The number of allylic oxidation sites excluding steroid dienone is 1. The van der Waals surface area contributed by atoms with Gasteiger partial charge in [-0.1, -0.05) is 26.3 Å². The Morgan fingerprint density at radius 1 is 1.73 bits per heavy atom. The largest absolute Gasteiger partial charge is 0.264 e. The summed E-state index contributed by atoms with van der Waals surface area (Å²) in [6, 6.07) is -0.397. The lowest BCUT2D eigenvalue weighted by Crippen LogP contribution is -2.22. The Morgan fingerprint density at radius 3 is 2.82 bits per heavy atom. The van der Waals surface area contributed by atoms with E-state index in [-0.39, 0.29) is 25.7 Å². The van der Waals surface area contributed by atoms with E-state index in [2.05, 4.69) is 6.92 Å². The van der Waals surface area contributed by atoms with Gasteiger partial charge in [-0.05, 0) is 17.4 Å². The molecular formula is C7H10INO2. The normalized spacial score (nSPS) is 24.7. The molecular weight excluding hydrogens is 257 g/mol. The standard InChI is InChI=1S/C7H10INO2/c1-5-3-7(9(10)11)4-8-6(5)2/h4,7H,3H2,1-2H3. The average Bonchev–Trinajstić information content (AvgIpc) is 1.94. The van der Waals surface area contributed by atoms with Crippen molar-refractivity contribution in [3.05, 3.63) is 19.3 Å². The minimum atomic E-state index is -0.397. The van der Waals surface area contributed by atoms with Crippen LogP contribution in [0.15, 0.2) is 9.15 Å². The fourth-order valence-electron chi connectivity index (χ4n) is 0.880. The van der Waals surface area contributed by atoms with Crippen LogP contribution in [0.1, 0.15) is 20.3 Å². The van der Waals surface area contributed by atoms with E-state index in [1.807, 2.05) is 10.9 Å². The van der Waals surface area contributed by atoms with Crippen molar-refractivity contribution in [1.29, 1.82) is 0 Å². The molecule has 1 heterocycles. The second-order valence-corrected chi connectivity index (χ2v) is 5.57. The second-order valence-electron chi connectivity index (χ2n) is 2.61. The minimum absolute atomic E-state index is 0.149. The number of halogens is 1. The third-order valence-electron chi connectivity index (χ3n) is 1.75. The molecule has 1 unspecified atom stereocenters. The zero-order valence-corrected chi connectivity index (χ0v) is 8.66. The molecule has 1 rings (SSSR count). The Hall–Kier alpha value is -0.260. The maximum Gasteiger partial charge on any atom is 0.240 e. The first-order valence-electron chi connectivity index (χ1n) is 3.38. The lowest BCUT2D eigenvalue weighted by molar-refractivity contribution is -0.500. The van der Waals surface area contributed by atoms with Crippen LogP contribution in [0.5, 0.6) is 0 Å². The Labute approximate surface area is 75.4 Å². The molecule has 0 aromatic heterocycles. The Balaban J connectivity index is 2.74. The zero-order chi connectivity index (χ0) is 8.43. The van der Waals surface area contributed by atoms with Gasteiger partial charge in [-0.3, -0.25) is 10.1 Å². The van der Waals surface area contributed by atoms with Crippen molar-refractivity contribution < 1.29 is 4.92 Å². The van der Waals surface area contributed by atoms with Crippen LogP contribution < -0.4 is 0 Å². The van der Waals surface area contributed by atoms with Crippen LogP contribution in [0, 0.1) is 10.1 Å². The molecule has 0 aromatic carbocycles. The van der Waals surface area contributed by atoms with Gasteiger partial charge >= 0.3 is 0 Å². The summed E-state index contributed by atoms with van der Waals surface area (Å²) in [5.74, 6) is 0. The number of rotatable bonds is 1. The first-order chi connectivity index (χ1) is 5.11. The molecule has 0 aromatic rings. The van der Waals surface area contributed by atoms with E-state index in [1.54, 1.807) is 0 Å². The molecule has 0 saturated heterocycles. The van der Waals surface area contributed by atoms with Gasteiger partial charge in [0.05, 0.1) is 0 Å². The topological polar surface area (TPSA) is 43.1 Å². The van der Waals surface area contributed by atoms with Gasteiger partial charge in [0.15, 0.2) is 0 Å². The molecule has 11 heavy (non-hydrogen) atoms. The third kappa shape index (κ3) is 2.08. The van der Waals surface area contributed by atoms with Gasteiger partial charge in [0.2, 0.25) is 6.04 Å². The molecule has 0 saturated carbocycles. The summed E-state index contributed by atoms with van der Waals surface area (Å²) in [5.41, 5.74) is 1.22. The van der Waals surface area contributed by atoms with Gasteiger partial charge in [-0.15, -0.1) is 0 Å². The highest BCUT2D eigenvalue weighted by Gasteiger charge is 2.20. The van der Waals surface area contributed by atoms with Gasteiger partial charge in [0.1, 0.15) is 0 Å². The zero-order valence-electron chi connectivity index (χ0n) is 6.50. The van der Waals surface area contributed by atoms with E-state index < -0.39 is 6.04 Å². The number of hydrogen-bond donors (Lipinski definition) is 0. The van der Waals surface area contributed by atoms with E-state index in [9.17, 15) is 10.1 Å². The fourth-order valence-corrected chi connectivity index (χ4v) is 3.10. The van der Waals surface area contributed by atoms with Crippen LogP contribution in [-0.4, -0.2) is 15.0 Å². The average molecular weight is 267 g/mol. The molecule has 62 valence electrons. The Kier molecular flexibility index (Phi) is 2.75. The predicted molar refractivity (Wildman–Crippen MR) is 53.9 cm³/mol. The van der Waals surface area contributed by atoms with E-state index in [1.165, 1.54) is 9.15 Å². The Morgan fingerprint density at radius 2 is 2.36 bits per heavy atom. The monoisotopic (exact) mass is 267 g/mol. The molecule has 0 aliphatic carbocycles. The SMILES string of the molecule is CC1=C(C)I=CC([N+](=O)[O-])C1. The van der Waals surface area contributed by atoms with Crippen molar-refractivity contribution in [2.75, 3.05) is 0 Å². The maximum absolute atomic E-state index is 10.4. The van der Waals surface area contributed by atoms with Crippen molar-refractivity contribution in [2.24, 2.45) is 0 Å². The molecule has 0 bridgehead atoms. The van der Waals surface area contributed by atoms with Crippen molar-refractivity contribution in [1.82, 2.24) is 0 Å². The summed E-state index contributed by atoms with van der Waals surface area (Å²) in [6.45, 7) is 4.08. The first-order valence-corrected chi connectivity index (χ1v) is 5.70. The highest BCUT2D eigenvalue weighted by Crippen LogP contribution is 2.26. The smallest absolute Gasteiger partial charge is 0.240 e. The fraction of sp³-hybridized carbons (Fsp3) is 0.571. The van der Waals surface area contributed by atoms with Gasteiger partial charge < -0.3 is 0 Å². The summed E-state index contributed by atoms with van der Waals surface area (Å²) < 4.78 is 3.28. The molecule has 0 spiro atoms. The van der Waals surface area contributed by atoms with Crippen LogP contribution in [0.2, 0.25) is 0 Å². The highest BCUT2D eigenvalue weighted by molar-refractivity contribution is 14.2. The number of nitro groups is 1. The van der Waals surface area contributed by atoms with Gasteiger partial charge in [-0.25, -0.2) is 0 Å². The molecule has 1 aliphatic rings. The van der Waals surface area contributed by atoms with Crippen molar-refractivity contribution in [3.8, 4) is 0 Å². The van der Waals surface area contributed by atoms with E-state index >= 15 is 0 Å². The van der Waals surface area contributed by atoms with Crippen LogP contribution in [-0.2, 0) is 0 Å². The first kappa shape index (κ1) is 8.83. The molecule has 0 radical (unpaired) electrons. The van der Waals surface area contributed by atoms with E-state index in [4.69, 9.17) is 0 Å². The highest BCUT2D eigenvalue weighted by atomic mass is 127. The molecule has 0 N–H and O–H groups in total. The van der Waals surface area contributed by atoms with Crippen molar-refractivity contribution in [2.45, 2.75) is 26.3 Å².